The summed E-state index contributed by atoms with van der Waals surface area (Å²) in [6.07, 6.45) is 2.37. The van der Waals surface area contributed by atoms with Gasteiger partial charge in [0.2, 0.25) is 11.8 Å². The van der Waals surface area contributed by atoms with Gasteiger partial charge >= 0.3 is 0 Å². The molecular formula is C16H20N8O. The smallest absolute Gasteiger partial charge is 0.230 e. The summed E-state index contributed by atoms with van der Waals surface area (Å²) in [6, 6.07) is 3.98. The normalized spacial score (nSPS) is 19.0. The van der Waals surface area contributed by atoms with Crippen LogP contribution in [0, 0.1) is 6.92 Å². The van der Waals surface area contributed by atoms with E-state index in [4.69, 9.17) is 4.42 Å². The first-order valence-electron chi connectivity index (χ1n) is 8.75. The lowest BCUT2D eigenvalue weighted by molar-refractivity contribution is 0.223. The van der Waals surface area contributed by atoms with E-state index in [0.717, 1.165) is 61.8 Å². The molecule has 25 heavy (non-hydrogen) atoms. The average molecular weight is 340 g/mol. The third kappa shape index (κ3) is 2.84. The molecule has 2 fully saturated rings. The van der Waals surface area contributed by atoms with E-state index in [1.807, 2.05) is 19.1 Å². The molecule has 0 amide bonds. The summed E-state index contributed by atoms with van der Waals surface area (Å²) in [7, 11) is 0. The van der Waals surface area contributed by atoms with E-state index in [1.54, 1.807) is 4.52 Å². The lowest BCUT2D eigenvalue weighted by Gasteiger charge is -2.34. The van der Waals surface area contributed by atoms with Gasteiger partial charge in [-0.05, 0) is 31.9 Å². The van der Waals surface area contributed by atoms with Gasteiger partial charge in [0.15, 0.2) is 11.5 Å². The van der Waals surface area contributed by atoms with E-state index in [1.165, 1.54) is 12.8 Å². The maximum atomic E-state index is 5.77. The van der Waals surface area contributed by atoms with Crippen molar-refractivity contribution in [3.05, 3.63) is 29.7 Å². The Balaban J connectivity index is 1.23. The van der Waals surface area contributed by atoms with E-state index in [0.29, 0.717) is 5.92 Å². The SMILES string of the molecule is Cc1nnc2ccc(N3CCN(Cc4nnc(C5CC5)o4)CC3)nn12. The number of nitrogens with zero attached hydrogens (tertiary/aromatic N) is 8. The highest BCUT2D eigenvalue weighted by atomic mass is 16.4. The van der Waals surface area contributed by atoms with Crippen molar-refractivity contribution in [3.8, 4) is 0 Å². The molecule has 1 aliphatic heterocycles. The second-order valence-corrected chi connectivity index (χ2v) is 6.78. The zero-order valence-electron chi connectivity index (χ0n) is 14.2. The standard InChI is InChI=1S/C16H20N8O/c1-11-17-18-13-4-5-14(21-24(11)13)23-8-6-22(7-9-23)10-15-19-20-16(25-15)12-2-3-12/h4-5,12H,2-3,6-10H2,1H3. The van der Waals surface area contributed by atoms with Crippen LogP contribution in [0.25, 0.3) is 5.65 Å². The lowest BCUT2D eigenvalue weighted by atomic mass is 10.3. The molecule has 0 radical (unpaired) electrons. The zero-order valence-corrected chi connectivity index (χ0v) is 14.2. The quantitative estimate of drug-likeness (QED) is 0.695. The van der Waals surface area contributed by atoms with Crippen LogP contribution in [0.15, 0.2) is 16.5 Å². The minimum Gasteiger partial charge on any atom is -0.424 e. The van der Waals surface area contributed by atoms with Gasteiger partial charge in [0, 0.05) is 32.1 Å². The van der Waals surface area contributed by atoms with Crippen molar-refractivity contribution in [2.45, 2.75) is 32.2 Å². The fourth-order valence-corrected chi connectivity index (χ4v) is 3.21. The Kier molecular flexibility index (Phi) is 3.40. The van der Waals surface area contributed by atoms with Crippen LogP contribution >= 0.6 is 0 Å². The first-order valence-corrected chi connectivity index (χ1v) is 8.75. The Bertz CT molecular complexity index is 891. The van der Waals surface area contributed by atoms with Gasteiger partial charge in [0.05, 0.1) is 6.54 Å². The van der Waals surface area contributed by atoms with Crippen molar-refractivity contribution in [3.63, 3.8) is 0 Å². The highest BCUT2D eigenvalue weighted by Crippen LogP contribution is 2.39. The van der Waals surface area contributed by atoms with Crippen molar-refractivity contribution in [1.82, 2.24) is 34.9 Å². The molecule has 1 saturated carbocycles. The maximum Gasteiger partial charge on any atom is 0.230 e. The van der Waals surface area contributed by atoms with Crippen molar-refractivity contribution < 1.29 is 4.42 Å². The van der Waals surface area contributed by atoms with Crippen LogP contribution in [0.5, 0.6) is 0 Å². The molecule has 0 unspecified atom stereocenters. The van der Waals surface area contributed by atoms with Crippen molar-refractivity contribution in [2.75, 3.05) is 31.1 Å². The molecule has 0 spiro atoms. The van der Waals surface area contributed by atoms with Crippen molar-refractivity contribution in [2.24, 2.45) is 0 Å². The van der Waals surface area contributed by atoms with Gasteiger partial charge in [0.25, 0.3) is 0 Å². The first-order chi connectivity index (χ1) is 12.3. The Hall–Kier alpha value is -2.55. The predicted octanol–water partition coefficient (Wildman–Crippen LogP) is 1.02. The summed E-state index contributed by atoms with van der Waals surface area (Å²) in [4.78, 5) is 4.64. The molecule has 1 aliphatic carbocycles. The van der Waals surface area contributed by atoms with Crippen molar-refractivity contribution >= 4 is 11.5 Å². The average Bonchev–Trinajstić information content (AvgIpc) is 3.29. The summed E-state index contributed by atoms with van der Waals surface area (Å²) < 4.78 is 7.56. The van der Waals surface area contributed by atoms with Gasteiger partial charge in [-0.1, -0.05) is 0 Å². The molecule has 2 aliphatic rings. The number of hydrogen-bond donors (Lipinski definition) is 0. The number of aryl methyl sites for hydroxylation is 1. The molecule has 0 aromatic carbocycles. The minimum atomic E-state index is 0.514. The molecule has 3 aromatic rings. The highest BCUT2D eigenvalue weighted by molar-refractivity contribution is 5.46. The predicted molar refractivity (Wildman–Crippen MR) is 89.3 cm³/mol. The Morgan fingerprint density at radius 1 is 1.04 bits per heavy atom. The zero-order chi connectivity index (χ0) is 16.8. The number of piperazine rings is 1. The minimum absolute atomic E-state index is 0.514. The van der Waals surface area contributed by atoms with Gasteiger partial charge in [-0.15, -0.1) is 25.5 Å². The summed E-state index contributed by atoms with van der Waals surface area (Å²) in [5, 5.41) is 21.1. The van der Waals surface area contributed by atoms with E-state index < -0.39 is 0 Å². The molecule has 3 aromatic heterocycles. The molecule has 5 rings (SSSR count). The largest absolute Gasteiger partial charge is 0.424 e. The van der Waals surface area contributed by atoms with Gasteiger partial charge in [-0.3, -0.25) is 4.90 Å². The second-order valence-electron chi connectivity index (χ2n) is 6.78. The molecule has 1 saturated heterocycles. The Morgan fingerprint density at radius 3 is 2.68 bits per heavy atom. The first kappa shape index (κ1) is 14.8. The summed E-state index contributed by atoms with van der Waals surface area (Å²) in [5.74, 6) is 3.83. The van der Waals surface area contributed by atoms with Crippen LogP contribution in [0.1, 0.15) is 36.4 Å². The third-order valence-corrected chi connectivity index (χ3v) is 4.87. The van der Waals surface area contributed by atoms with Crippen molar-refractivity contribution in [1.29, 1.82) is 0 Å². The van der Waals surface area contributed by atoms with E-state index in [-0.39, 0.29) is 0 Å². The van der Waals surface area contributed by atoms with Crippen LogP contribution in [0.4, 0.5) is 5.82 Å². The van der Waals surface area contributed by atoms with E-state index in [9.17, 15) is 0 Å². The monoisotopic (exact) mass is 340 g/mol. The van der Waals surface area contributed by atoms with Crippen LogP contribution in [0.3, 0.4) is 0 Å². The lowest BCUT2D eigenvalue weighted by Crippen LogP contribution is -2.46. The fourth-order valence-electron chi connectivity index (χ4n) is 3.21. The van der Waals surface area contributed by atoms with E-state index >= 15 is 0 Å². The number of hydrogen-bond acceptors (Lipinski definition) is 8. The maximum absolute atomic E-state index is 5.77. The van der Waals surface area contributed by atoms with Gasteiger partial charge in [-0.2, -0.15) is 4.52 Å². The molecule has 9 heteroatoms. The van der Waals surface area contributed by atoms with Crippen LogP contribution in [-0.2, 0) is 6.54 Å². The Morgan fingerprint density at radius 2 is 1.88 bits per heavy atom. The highest BCUT2D eigenvalue weighted by Gasteiger charge is 2.29. The topological polar surface area (TPSA) is 88.5 Å². The molecule has 0 bridgehead atoms. The third-order valence-electron chi connectivity index (χ3n) is 4.87. The number of rotatable bonds is 4. The number of fused-ring (bicyclic) bond motifs is 1. The van der Waals surface area contributed by atoms with Gasteiger partial charge in [-0.25, -0.2) is 0 Å². The number of aromatic nitrogens is 6. The summed E-state index contributed by atoms with van der Waals surface area (Å²) in [5.41, 5.74) is 0.780. The van der Waals surface area contributed by atoms with Gasteiger partial charge in [0.1, 0.15) is 5.82 Å². The molecule has 130 valence electrons. The fraction of sp³-hybridized carbons (Fsp3) is 0.562. The summed E-state index contributed by atoms with van der Waals surface area (Å²) in [6.45, 7) is 6.37. The van der Waals surface area contributed by atoms with E-state index in [2.05, 4.69) is 35.3 Å². The molecule has 0 atom stereocenters. The van der Waals surface area contributed by atoms with Gasteiger partial charge < -0.3 is 9.32 Å². The number of anilines is 1. The molecule has 9 nitrogen and oxygen atoms in total. The molecular weight excluding hydrogens is 320 g/mol. The second kappa shape index (κ2) is 5.76. The molecule has 0 N–H and O–H groups in total. The van der Waals surface area contributed by atoms with Crippen LogP contribution in [-0.4, -0.2) is 61.1 Å². The molecule has 4 heterocycles. The van der Waals surface area contributed by atoms with Crippen LogP contribution < -0.4 is 4.90 Å². The Labute approximate surface area is 144 Å². The van der Waals surface area contributed by atoms with Crippen LogP contribution in [0.2, 0.25) is 0 Å². The summed E-state index contributed by atoms with van der Waals surface area (Å²) >= 11 is 0.